The molecule has 0 aromatic heterocycles. The Morgan fingerprint density at radius 1 is 1.12 bits per heavy atom. The van der Waals surface area contributed by atoms with Crippen LogP contribution in [0, 0.1) is 5.39 Å². The summed E-state index contributed by atoms with van der Waals surface area (Å²) in [6.07, 6.45) is 0. The first kappa shape index (κ1) is 18.1. The highest BCUT2D eigenvalue weighted by molar-refractivity contribution is 6.07. The van der Waals surface area contributed by atoms with E-state index in [4.69, 9.17) is 14.2 Å². The molecule has 1 N–H and O–H groups in total. The van der Waals surface area contributed by atoms with Gasteiger partial charge in [0.25, 0.3) is 5.91 Å². The van der Waals surface area contributed by atoms with Gasteiger partial charge in [-0.25, -0.2) is 0 Å². The number of carbonyl (C=O) groups is 1. The molecule has 0 aliphatic heterocycles. The van der Waals surface area contributed by atoms with E-state index in [1.165, 1.54) is 13.2 Å². The largest absolute Gasteiger partial charge is 0.491 e. The normalized spacial score (nSPS) is 9.84. The van der Waals surface area contributed by atoms with E-state index in [0.717, 1.165) is 0 Å². The van der Waals surface area contributed by atoms with Crippen molar-refractivity contribution in [2.24, 2.45) is 0 Å². The lowest BCUT2D eigenvalue weighted by Crippen LogP contribution is -2.14. The van der Waals surface area contributed by atoms with E-state index >= 15 is 0 Å². The van der Waals surface area contributed by atoms with Gasteiger partial charge in [-0.15, -0.1) is 0 Å². The van der Waals surface area contributed by atoms with Gasteiger partial charge in [-0.05, 0) is 26.0 Å². The zero-order valence-electron chi connectivity index (χ0n) is 14.4. The predicted molar refractivity (Wildman–Crippen MR) is 94.5 cm³/mol. The van der Waals surface area contributed by atoms with Gasteiger partial charge in [0.2, 0.25) is 11.1 Å². The van der Waals surface area contributed by atoms with Crippen molar-refractivity contribution in [3.8, 4) is 17.2 Å². The summed E-state index contributed by atoms with van der Waals surface area (Å²) >= 11 is 0. The molecule has 0 heterocycles. The van der Waals surface area contributed by atoms with Crippen LogP contribution >= 0.6 is 0 Å². The highest BCUT2D eigenvalue weighted by atomic mass is 16.5. The fourth-order valence-electron chi connectivity index (χ4n) is 2.33. The summed E-state index contributed by atoms with van der Waals surface area (Å²) in [7, 11) is 1.46. The van der Waals surface area contributed by atoms with Crippen molar-refractivity contribution >= 4 is 17.3 Å². The molecule has 0 saturated carbocycles. The molecule has 0 aliphatic rings. The molecule has 25 heavy (non-hydrogen) atoms. The summed E-state index contributed by atoms with van der Waals surface area (Å²) in [5.41, 5.74) is 0.850. The SMILES string of the molecule is CCOc1cc([N+]#N)c(OCC)c(NC(=O)c2ccccc2)c1OC. The van der Waals surface area contributed by atoms with E-state index < -0.39 is 0 Å². The number of anilines is 1. The number of diazo groups is 1. The second-order valence-corrected chi connectivity index (χ2v) is 4.92. The second kappa shape index (κ2) is 8.55. The minimum absolute atomic E-state index is 0.134. The molecule has 7 nitrogen and oxygen atoms in total. The number of amides is 1. The highest BCUT2D eigenvalue weighted by Crippen LogP contribution is 2.49. The second-order valence-electron chi connectivity index (χ2n) is 4.92. The maximum Gasteiger partial charge on any atom is 0.432 e. The van der Waals surface area contributed by atoms with E-state index in [0.29, 0.717) is 30.3 Å². The molecule has 0 unspecified atom stereocenters. The van der Waals surface area contributed by atoms with Crippen molar-refractivity contribution in [2.75, 3.05) is 25.6 Å². The maximum atomic E-state index is 12.6. The maximum absolute atomic E-state index is 12.6. The molecule has 2 rings (SSSR count). The van der Waals surface area contributed by atoms with Crippen LogP contribution in [0.1, 0.15) is 24.2 Å². The van der Waals surface area contributed by atoms with Crippen molar-refractivity contribution in [1.29, 1.82) is 5.39 Å². The Hall–Kier alpha value is -3.27. The quantitative estimate of drug-likeness (QED) is 0.761. The van der Waals surface area contributed by atoms with Crippen LogP contribution in [0.25, 0.3) is 4.98 Å². The fraction of sp³-hybridized carbons (Fsp3) is 0.278. The molecule has 2 aromatic carbocycles. The Bertz CT molecular complexity index is 785. The lowest BCUT2D eigenvalue weighted by atomic mass is 10.1. The van der Waals surface area contributed by atoms with Crippen LogP contribution in [0.3, 0.4) is 0 Å². The molecule has 0 spiro atoms. The summed E-state index contributed by atoms with van der Waals surface area (Å²) in [4.78, 5) is 15.8. The first-order chi connectivity index (χ1) is 12.2. The Balaban J connectivity index is 2.57. The van der Waals surface area contributed by atoms with E-state index in [1.54, 1.807) is 31.2 Å². The first-order valence-electron chi connectivity index (χ1n) is 7.88. The molecule has 2 aromatic rings. The van der Waals surface area contributed by atoms with E-state index in [1.807, 2.05) is 13.0 Å². The molecule has 1 amide bonds. The molecule has 0 fully saturated rings. The zero-order valence-corrected chi connectivity index (χ0v) is 14.4. The number of hydrogen-bond acceptors (Lipinski definition) is 5. The first-order valence-corrected chi connectivity index (χ1v) is 7.88. The molecule has 0 atom stereocenters. The number of rotatable bonds is 7. The van der Waals surface area contributed by atoms with E-state index in [-0.39, 0.29) is 23.0 Å². The van der Waals surface area contributed by atoms with Crippen LogP contribution in [0.4, 0.5) is 11.4 Å². The molecule has 7 heteroatoms. The van der Waals surface area contributed by atoms with Crippen LogP contribution in [-0.2, 0) is 0 Å². The van der Waals surface area contributed by atoms with E-state index in [2.05, 4.69) is 10.3 Å². The summed E-state index contributed by atoms with van der Waals surface area (Å²) < 4.78 is 16.5. The van der Waals surface area contributed by atoms with Gasteiger partial charge in [-0.3, -0.25) is 4.79 Å². The van der Waals surface area contributed by atoms with Gasteiger partial charge in [0.05, 0.1) is 26.4 Å². The molecule has 0 saturated heterocycles. The Kier molecular flexibility index (Phi) is 6.18. The van der Waals surface area contributed by atoms with E-state index in [9.17, 15) is 10.2 Å². The lowest BCUT2D eigenvalue weighted by molar-refractivity contribution is 0.102. The van der Waals surface area contributed by atoms with Crippen LogP contribution in [0.2, 0.25) is 0 Å². The van der Waals surface area contributed by atoms with Gasteiger partial charge in [0.1, 0.15) is 5.69 Å². The molecular weight excluding hydrogens is 322 g/mol. The molecule has 0 aliphatic carbocycles. The fourth-order valence-corrected chi connectivity index (χ4v) is 2.33. The standard InChI is InChI=1S/C18H19N3O4/c1-4-24-14-11-13(21-19)16(25-5-2)15(17(14)23-3)20-18(22)12-9-7-6-8-10-12/h6-11H,4-5H2,1-3H3/p+1. The Morgan fingerprint density at radius 2 is 1.80 bits per heavy atom. The van der Waals surface area contributed by atoms with Crippen LogP contribution in [0.15, 0.2) is 36.4 Å². The van der Waals surface area contributed by atoms with Crippen molar-refractivity contribution in [2.45, 2.75) is 13.8 Å². The number of nitrogens with one attached hydrogen (secondary N) is 1. The topological polar surface area (TPSA) is 84.9 Å². The van der Waals surface area contributed by atoms with Gasteiger partial charge in [-0.2, -0.15) is 0 Å². The van der Waals surface area contributed by atoms with Crippen LogP contribution in [-0.4, -0.2) is 26.2 Å². The van der Waals surface area contributed by atoms with Gasteiger partial charge < -0.3 is 19.5 Å². The lowest BCUT2D eigenvalue weighted by Gasteiger charge is -2.16. The minimum atomic E-state index is -0.350. The summed E-state index contributed by atoms with van der Waals surface area (Å²) in [6.45, 7) is 4.29. The summed E-state index contributed by atoms with van der Waals surface area (Å²) in [5.74, 6) is 0.485. The summed E-state index contributed by atoms with van der Waals surface area (Å²) in [5, 5.41) is 12.1. The van der Waals surface area contributed by atoms with Crippen molar-refractivity contribution in [3.63, 3.8) is 0 Å². The van der Waals surface area contributed by atoms with Crippen molar-refractivity contribution in [1.82, 2.24) is 0 Å². The zero-order chi connectivity index (χ0) is 18.2. The molecule has 0 bridgehead atoms. The van der Waals surface area contributed by atoms with Crippen LogP contribution in [0.5, 0.6) is 17.2 Å². The van der Waals surface area contributed by atoms with Gasteiger partial charge in [0.15, 0.2) is 16.5 Å². The monoisotopic (exact) mass is 342 g/mol. The Labute approximate surface area is 146 Å². The average Bonchev–Trinajstić information content (AvgIpc) is 2.64. The van der Waals surface area contributed by atoms with Crippen molar-refractivity contribution < 1.29 is 19.0 Å². The minimum Gasteiger partial charge on any atom is -0.491 e. The smallest absolute Gasteiger partial charge is 0.432 e. The van der Waals surface area contributed by atoms with Crippen molar-refractivity contribution in [3.05, 3.63) is 46.9 Å². The number of ether oxygens (including phenoxy) is 3. The molecule has 0 radical (unpaired) electrons. The third kappa shape index (κ3) is 3.98. The van der Waals surface area contributed by atoms with Gasteiger partial charge in [-0.1, -0.05) is 18.2 Å². The summed E-state index contributed by atoms with van der Waals surface area (Å²) in [6, 6.07) is 10.2. The highest BCUT2D eigenvalue weighted by Gasteiger charge is 2.29. The molecule has 130 valence electrons. The number of methoxy groups -OCH3 is 1. The Morgan fingerprint density at radius 3 is 2.36 bits per heavy atom. The third-order valence-electron chi connectivity index (χ3n) is 3.35. The average molecular weight is 342 g/mol. The van der Waals surface area contributed by atoms with Crippen LogP contribution < -0.4 is 19.5 Å². The third-order valence-corrected chi connectivity index (χ3v) is 3.35. The number of carbonyl (C=O) groups excluding carboxylic acids is 1. The number of hydrogen-bond donors (Lipinski definition) is 1. The number of benzene rings is 2. The van der Waals surface area contributed by atoms with Gasteiger partial charge >= 0.3 is 5.69 Å². The van der Waals surface area contributed by atoms with Gasteiger partial charge in [0, 0.05) is 5.56 Å². The predicted octanol–water partition coefficient (Wildman–Crippen LogP) is 4.23. The number of nitrogens with zero attached hydrogens (tertiary/aromatic N) is 2. The molecular formula is C18H20N3O4+.